The fourth-order valence-electron chi connectivity index (χ4n) is 1.20. The Hall–Kier alpha value is -2.09. The van der Waals surface area contributed by atoms with Crippen molar-refractivity contribution in [3.8, 4) is 11.4 Å². The first kappa shape index (κ1) is 11.4. The van der Waals surface area contributed by atoms with Gasteiger partial charge < -0.3 is 10.9 Å². The van der Waals surface area contributed by atoms with Gasteiger partial charge in [-0.05, 0) is 12.1 Å². The number of carboxylic acid groups (broad SMARTS) is 1. The molecule has 0 bridgehead atoms. The average molecular weight is 251 g/mol. The van der Waals surface area contributed by atoms with E-state index in [0.717, 1.165) is 17.3 Å². The van der Waals surface area contributed by atoms with Gasteiger partial charge >= 0.3 is 5.97 Å². The van der Waals surface area contributed by atoms with Gasteiger partial charge in [-0.15, -0.1) is 10.2 Å². The minimum atomic E-state index is -0.927. The third-order valence-electron chi connectivity index (χ3n) is 1.93. The van der Waals surface area contributed by atoms with E-state index in [1.807, 2.05) is 0 Å². The van der Waals surface area contributed by atoms with Gasteiger partial charge in [0.05, 0.1) is 5.75 Å². The lowest BCUT2D eigenvalue weighted by Crippen LogP contribution is -2.12. The molecule has 0 aliphatic carbocycles. The zero-order valence-corrected chi connectivity index (χ0v) is 9.46. The summed E-state index contributed by atoms with van der Waals surface area (Å²) in [4.78, 5) is 14.3. The van der Waals surface area contributed by atoms with Crippen LogP contribution in [0.2, 0.25) is 0 Å². The molecule has 0 aliphatic heterocycles. The van der Waals surface area contributed by atoms with Gasteiger partial charge in [-0.25, -0.2) is 4.68 Å². The quantitative estimate of drug-likeness (QED) is 0.591. The first-order chi connectivity index (χ1) is 8.18. The largest absolute Gasteiger partial charge is 0.481 e. The normalized spacial score (nSPS) is 10.4. The second kappa shape index (κ2) is 4.83. The zero-order valence-electron chi connectivity index (χ0n) is 8.65. The van der Waals surface area contributed by atoms with E-state index < -0.39 is 5.97 Å². The predicted molar refractivity (Wildman–Crippen MR) is 61.8 cm³/mol. The Kier molecular flexibility index (Phi) is 3.24. The molecule has 2 aromatic heterocycles. The summed E-state index contributed by atoms with van der Waals surface area (Å²) in [6.45, 7) is 0. The average Bonchev–Trinajstić information content (AvgIpc) is 2.69. The number of carboxylic acids is 1. The number of aromatic nitrogens is 4. The third kappa shape index (κ3) is 2.53. The first-order valence-electron chi connectivity index (χ1n) is 4.64. The molecule has 0 spiro atoms. The van der Waals surface area contributed by atoms with E-state index in [1.165, 1.54) is 4.68 Å². The van der Waals surface area contributed by atoms with Crippen molar-refractivity contribution in [3.05, 3.63) is 24.5 Å². The van der Waals surface area contributed by atoms with Gasteiger partial charge in [0.15, 0.2) is 5.82 Å². The molecule has 2 heterocycles. The molecular weight excluding hydrogens is 242 g/mol. The summed E-state index contributed by atoms with van der Waals surface area (Å²) in [5, 5.41) is 16.7. The van der Waals surface area contributed by atoms with Gasteiger partial charge in [0.25, 0.3) is 0 Å². The summed E-state index contributed by atoms with van der Waals surface area (Å²) in [6.07, 6.45) is 3.24. The van der Waals surface area contributed by atoms with Gasteiger partial charge in [0.1, 0.15) is 0 Å². The Morgan fingerprint density at radius 1 is 1.41 bits per heavy atom. The van der Waals surface area contributed by atoms with Gasteiger partial charge in [0, 0.05) is 18.0 Å². The predicted octanol–water partition coefficient (Wildman–Crippen LogP) is 0.231. The maximum Gasteiger partial charge on any atom is 0.313 e. The number of carbonyl (C=O) groups is 1. The minimum Gasteiger partial charge on any atom is -0.481 e. The summed E-state index contributed by atoms with van der Waals surface area (Å²) in [5.41, 5.74) is 0.775. The molecule has 3 N–H and O–H groups in total. The SMILES string of the molecule is Nn1c(SCC(=O)O)nnc1-c1ccncc1. The molecule has 0 saturated carbocycles. The number of nitrogens with zero attached hydrogens (tertiary/aromatic N) is 4. The minimum absolute atomic E-state index is 0.105. The number of thioether (sulfide) groups is 1. The lowest BCUT2D eigenvalue weighted by atomic mass is 10.2. The van der Waals surface area contributed by atoms with Crippen LogP contribution >= 0.6 is 11.8 Å². The summed E-state index contributed by atoms with van der Waals surface area (Å²) < 4.78 is 1.27. The van der Waals surface area contributed by atoms with Crippen molar-refractivity contribution >= 4 is 17.7 Å². The molecule has 17 heavy (non-hydrogen) atoms. The molecule has 8 heteroatoms. The van der Waals surface area contributed by atoms with E-state index >= 15 is 0 Å². The van der Waals surface area contributed by atoms with Crippen molar-refractivity contribution in [2.24, 2.45) is 0 Å². The van der Waals surface area contributed by atoms with Crippen molar-refractivity contribution in [2.45, 2.75) is 5.16 Å². The van der Waals surface area contributed by atoms with Gasteiger partial charge in [-0.2, -0.15) is 0 Å². The smallest absolute Gasteiger partial charge is 0.313 e. The maximum atomic E-state index is 10.4. The second-order valence-corrected chi connectivity index (χ2v) is 4.04. The number of aliphatic carboxylic acids is 1. The monoisotopic (exact) mass is 251 g/mol. The number of nitrogen functional groups attached to an aromatic ring is 1. The Labute approximate surface area is 101 Å². The lowest BCUT2D eigenvalue weighted by molar-refractivity contribution is -0.133. The van der Waals surface area contributed by atoms with Crippen molar-refractivity contribution < 1.29 is 9.90 Å². The van der Waals surface area contributed by atoms with E-state index in [2.05, 4.69) is 15.2 Å². The Morgan fingerprint density at radius 3 is 2.76 bits per heavy atom. The van der Waals surface area contributed by atoms with Crippen LogP contribution < -0.4 is 5.84 Å². The molecule has 0 atom stereocenters. The van der Waals surface area contributed by atoms with E-state index in [0.29, 0.717) is 11.0 Å². The molecule has 7 nitrogen and oxygen atoms in total. The van der Waals surface area contributed by atoms with Crippen LogP contribution in [-0.2, 0) is 4.79 Å². The van der Waals surface area contributed by atoms with E-state index in [1.54, 1.807) is 24.5 Å². The topological polar surface area (TPSA) is 107 Å². The van der Waals surface area contributed by atoms with Crippen LogP contribution in [-0.4, -0.2) is 36.7 Å². The van der Waals surface area contributed by atoms with E-state index in [4.69, 9.17) is 10.9 Å². The first-order valence-corrected chi connectivity index (χ1v) is 5.62. The van der Waals surface area contributed by atoms with Crippen LogP contribution in [0.25, 0.3) is 11.4 Å². The van der Waals surface area contributed by atoms with Crippen LogP contribution in [0.4, 0.5) is 0 Å². The standard InChI is InChI=1S/C9H9N5O2S/c10-14-8(6-1-3-11-4-2-6)12-13-9(14)17-5-7(15)16/h1-4H,5,10H2,(H,15,16). The van der Waals surface area contributed by atoms with Crippen molar-refractivity contribution in [1.82, 2.24) is 19.9 Å². The Bertz CT molecular complexity index is 527. The van der Waals surface area contributed by atoms with Gasteiger partial charge in [-0.3, -0.25) is 9.78 Å². The fraction of sp³-hybridized carbons (Fsp3) is 0.111. The molecular formula is C9H9N5O2S. The van der Waals surface area contributed by atoms with Crippen molar-refractivity contribution in [3.63, 3.8) is 0 Å². The van der Waals surface area contributed by atoms with Crippen LogP contribution in [0.3, 0.4) is 0 Å². The molecule has 0 saturated heterocycles. The molecule has 0 unspecified atom stereocenters. The van der Waals surface area contributed by atoms with Crippen molar-refractivity contribution in [1.29, 1.82) is 0 Å². The summed E-state index contributed by atoms with van der Waals surface area (Å²) >= 11 is 1.02. The second-order valence-electron chi connectivity index (χ2n) is 3.09. The number of nitrogens with two attached hydrogens (primary N) is 1. The molecule has 2 rings (SSSR count). The number of rotatable bonds is 4. The van der Waals surface area contributed by atoms with E-state index in [-0.39, 0.29) is 5.75 Å². The highest BCUT2D eigenvalue weighted by Crippen LogP contribution is 2.20. The Balaban J connectivity index is 2.24. The van der Waals surface area contributed by atoms with Crippen LogP contribution in [0, 0.1) is 0 Å². The number of pyridine rings is 1. The summed E-state index contributed by atoms with van der Waals surface area (Å²) in [7, 11) is 0. The maximum absolute atomic E-state index is 10.4. The van der Waals surface area contributed by atoms with Crippen LogP contribution in [0.1, 0.15) is 0 Å². The molecule has 88 valence electrons. The zero-order chi connectivity index (χ0) is 12.3. The molecule has 0 radical (unpaired) electrons. The van der Waals surface area contributed by atoms with Crippen LogP contribution in [0.5, 0.6) is 0 Å². The number of hydrogen-bond donors (Lipinski definition) is 2. The van der Waals surface area contributed by atoms with Crippen LogP contribution in [0.15, 0.2) is 29.7 Å². The summed E-state index contributed by atoms with van der Waals surface area (Å²) in [6, 6.07) is 3.50. The molecule has 0 amide bonds. The highest BCUT2D eigenvalue weighted by molar-refractivity contribution is 7.99. The highest BCUT2D eigenvalue weighted by atomic mass is 32.2. The molecule has 0 fully saturated rings. The third-order valence-corrected chi connectivity index (χ3v) is 2.86. The van der Waals surface area contributed by atoms with E-state index in [9.17, 15) is 4.79 Å². The molecule has 0 aromatic carbocycles. The number of hydrogen-bond acceptors (Lipinski definition) is 6. The summed E-state index contributed by atoms with van der Waals surface area (Å²) in [5.74, 6) is 5.22. The highest BCUT2D eigenvalue weighted by Gasteiger charge is 2.12. The van der Waals surface area contributed by atoms with Crippen molar-refractivity contribution in [2.75, 3.05) is 11.6 Å². The fourth-order valence-corrected chi connectivity index (χ4v) is 1.78. The molecule has 0 aliphatic rings. The molecule has 2 aromatic rings. The van der Waals surface area contributed by atoms with Gasteiger partial charge in [0.2, 0.25) is 5.16 Å². The van der Waals surface area contributed by atoms with Gasteiger partial charge in [-0.1, -0.05) is 11.8 Å². The Morgan fingerprint density at radius 2 is 2.12 bits per heavy atom. The lowest BCUT2D eigenvalue weighted by Gasteiger charge is -2.01.